The minimum Gasteiger partial charge on any atom is -0.463 e. The fourth-order valence-electron chi connectivity index (χ4n) is 4.34. The van der Waals surface area contributed by atoms with Gasteiger partial charge in [-0.25, -0.2) is 9.59 Å². The molecule has 7 heteroatoms. The van der Waals surface area contributed by atoms with Gasteiger partial charge in [0.25, 0.3) is 0 Å². The number of ether oxygens (including phenoxy) is 1. The summed E-state index contributed by atoms with van der Waals surface area (Å²) in [6.45, 7) is 7.03. The number of carbonyl (C=O) groups is 2. The Morgan fingerprint density at radius 1 is 1.00 bits per heavy atom. The Morgan fingerprint density at radius 2 is 1.65 bits per heavy atom. The van der Waals surface area contributed by atoms with Crippen molar-refractivity contribution >= 4 is 18.1 Å². The van der Waals surface area contributed by atoms with Crippen LogP contribution in [0.25, 0.3) is 6.08 Å². The van der Waals surface area contributed by atoms with Crippen LogP contribution in [0.1, 0.15) is 24.1 Å². The maximum atomic E-state index is 12.9. The number of carbonyl (C=O) groups excluding carboxylic acids is 2. The predicted molar refractivity (Wildman–Crippen MR) is 133 cm³/mol. The van der Waals surface area contributed by atoms with Crippen molar-refractivity contribution < 1.29 is 14.3 Å². The fraction of sp³-hybridized carbons (Fsp3) is 0.333. The van der Waals surface area contributed by atoms with Gasteiger partial charge < -0.3 is 15.4 Å². The largest absolute Gasteiger partial charge is 0.463 e. The summed E-state index contributed by atoms with van der Waals surface area (Å²) >= 11 is 0. The van der Waals surface area contributed by atoms with E-state index in [0.717, 1.165) is 38.3 Å². The number of rotatable bonds is 8. The molecule has 2 heterocycles. The van der Waals surface area contributed by atoms with Gasteiger partial charge in [-0.05, 0) is 18.1 Å². The third kappa shape index (κ3) is 6.12. The Labute approximate surface area is 201 Å². The Balaban J connectivity index is 1.42. The number of hydrogen-bond donors (Lipinski definition) is 2. The lowest BCUT2D eigenvalue weighted by atomic mass is 9.95. The monoisotopic (exact) mass is 460 g/mol. The van der Waals surface area contributed by atoms with E-state index in [2.05, 4.69) is 44.7 Å². The molecule has 0 aromatic heterocycles. The summed E-state index contributed by atoms with van der Waals surface area (Å²) in [5, 5.41) is 5.77. The van der Waals surface area contributed by atoms with Gasteiger partial charge in [-0.15, -0.1) is 0 Å². The van der Waals surface area contributed by atoms with E-state index in [1.165, 1.54) is 5.56 Å². The van der Waals surface area contributed by atoms with Crippen molar-refractivity contribution in [3.63, 3.8) is 0 Å². The van der Waals surface area contributed by atoms with Crippen LogP contribution in [0.4, 0.5) is 4.79 Å². The molecule has 4 rings (SSSR count). The molecule has 0 spiro atoms. The summed E-state index contributed by atoms with van der Waals surface area (Å²) < 4.78 is 5.36. The smallest absolute Gasteiger partial charge is 0.338 e. The van der Waals surface area contributed by atoms with Gasteiger partial charge >= 0.3 is 12.0 Å². The van der Waals surface area contributed by atoms with Crippen LogP contribution in [0.2, 0.25) is 0 Å². The van der Waals surface area contributed by atoms with Crippen LogP contribution in [0.3, 0.4) is 0 Å². The van der Waals surface area contributed by atoms with Crippen LogP contribution >= 0.6 is 0 Å². The first-order valence-corrected chi connectivity index (χ1v) is 11.8. The van der Waals surface area contributed by atoms with E-state index < -0.39 is 12.0 Å². The average molecular weight is 461 g/mol. The molecule has 2 amide bonds. The first-order valence-electron chi connectivity index (χ1n) is 11.8. The topological polar surface area (TPSA) is 73.9 Å². The van der Waals surface area contributed by atoms with Crippen molar-refractivity contribution in [1.82, 2.24) is 20.4 Å². The molecular formula is C27H32N4O3. The maximum absolute atomic E-state index is 12.9. The van der Waals surface area contributed by atoms with Gasteiger partial charge in [-0.1, -0.05) is 72.8 Å². The molecule has 34 heavy (non-hydrogen) atoms. The van der Waals surface area contributed by atoms with Crippen LogP contribution in [0, 0.1) is 0 Å². The molecule has 0 saturated carbocycles. The van der Waals surface area contributed by atoms with Crippen molar-refractivity contribution in [2.45, 2.75) is 13.0 Å². The van der Waals surface area contributed by atoms with E-state index in [1.54, 1.807) is 6.92 Å². The highest BCUT2D eigenvalue weighted by Gasteiger charge is 2.34. The van der Waals surface area contributed by atoms with Gasteiger partial charge in [0, 0.05) is 45.0 Å². The van der Waals surface area contributed by atoms with Crippen LogP contribution < -0.4 is 10.6 Å². The van der Waals surface area contributed by atoms with Crippen LogP contribution in [0.5, 0.6) is 0 Å². The zero-order chi connectivity index (χ0) is 23.8. The number of urea groups is 1. The maximum Gasteiger partial charge on any atom is 0.338 e. The summed E-state index contributed by atoms with van der Waals surface area (Å²) in [5.41, 5.74) is 3.15. The quantitative estimate of drug-likeness (QED) is 0.592. The number of nitrogens with one attached hydrogen (secondary N) is 2. The van der Waals surface area contributed by atoms with Crippen molar-refractivity contribution in [2.24, 2.45) is 0 Å². The molecule has 0 unspecified atom stereocenters. The summed E-state index contributed by atoms with van der Waals surface area (Å²) in [7, 11) is 0. The first kappa shape index (κ1) is 23.7. The lowest BCUT2D eigenvalue weighted by molar-refractivity contribution is -0.139. The minimum atomic E-state index is -0.534. The van der Waals surface area contributed by atoms with Gasteiger partial charge in [-0.3, -0.25) is 9.80 Å². The van der Waals surface area contributed by atoms with E-state index in [-0.39, 0.29) is 12.6 Å². The average Bonchev–Trinajstić information content (AvgIpc) is 2.86. The highest BCUT2D eigenvalue weighted by atomic mass is 16.5. The second-order valence-electron chi connectivity index (χ2n) is 8.44. The summed E-state index contributed by atoms with van der Waals surface area (Å²) in [5.74, 6) is -0.400. The molecule has 2 aliphatic heterocycles. The molecule has 0 bridgehead atoms. The molecule has 1 saturated heterocycles. The second kappa shape index (κ2) is 11.6. The Bertz CT molecular complexity index is 1030. The van der Waals surface area contributed by atoms with Crippen LogP contribution in [-0.4, -0.2) is 67.7 Å². The summed E-state index contributed by atoms with van der Waals surface area (Å²) in [6, 6.07) is 19.0. The zero-order valence-electron chi connectivity index (χ0n) is 19.6. The number of hydrogen-bond acceptors (Lipinski definition) is 5. The van der Waals surface area contributed by atoms with Gasteiger partial charge in [0.1, 0.15) is 0 Å². The van der Waals surface area contributed by atoms with Crippen LogP contribution in [0.15, 0.2) is 78.0 Å². The van der Waals surface area contributed by atoms with Crippen molar-refractivity contribution in [1.29, 1.82) is 0 Å². The normalized spacial score (nSPS) is 19.7. The second-order valence-corrected chi connectivity index (χ2v) is 8.44. The van der Waals surface area contributed by atoms with Gasteiger partial charge in [0.05, 0.1) is 18.2 Å². The SMILES string of the molecule is CCOC(=O)C1=C(CN2CCN(C/C=C\c3ccccc3)CC2)NC(=O)N[C@H]1c1ccccc1. The van der Waals surface area contributed by atoms with Gasteiger partial charge in [0.15, 0.2) is 0 Å². The van der Waals surface area contributed by atoms with E-state index in [1.807, 2.05) is 48.5 Å². The highest BCUT2D eigenvalue weighted by Crippen LogP contribution is 2.28. The molecule has 2 aromatic carbocycles. The van der Waals surface area contributed by atoms with Gasteiger partial charge in [-0.2, -0.15) is 0 Å². The molecule has 1 fully saturated rings. The molecule has 0 aliphatic carbocycles. The Kier molecular flexibility index (Phi) is 8.12. The highest BCUT2D eigenvalue weighted by molar-refractivity contribution is 5.95. The molecule has 7 nitrogen and oxygen atoms in total. The van der Waals surface area contributed by atoms with E-state index in [0.29, 0.717) is 17.8 Å². The van der Waals surface area contributed by atoms with Crippen molar-refractivity contribution in [3.8, 4) is 0 Å². The van der Waals surface area contributed by atoms with E-state index >= 15 is 0 Å². The molecule has 0 radical (unpaired) electrons. The van der Waals surface area contributed by atoms with E-state index in [4.69, 9.17) is 4.74 Å². The molecular weight excluding hydrogens is 428 g/mol. The third-order valence-electron chi connectivity index (χ3n) is 6.10. The summed E-state index contributed by atoms with van der Waals surface area (Å²) in [6.07, 6.45) is 4.35. The Morgan fingerprint density at radius 3 is 2.32 bits per heavy atom. The van der Waals surface area contributed by atoms with Crippen molar-refractivity contribution in [2.75, 3.05) is 45.9 Å². The number of piperazine rings is 1. The first-order chi connectivity index (χ1) is 16.6. The number of benzene rings is 2. The minimum absolute atomic E-state index is 0.278. The molecule has 178 valence electrons. The molecule has 2 N–H and O–H groups in total. The predicted octanol–water partition coefficient (Wildman–Crippen LogP) is 3.19. The van der Waals surface area contributed by atoms with Gasteiger partial charge in [0.2, 0.25) is 0 Å². The van der Waals surface area contributed by atoms with Crippen molar-refractivity contribution in [3.05, 3.63) is 89.1 Å². The molecule has 2 aliphatic rings. The lowest BCUT2D eigenvalue weighted by Gasteiger charge is -2.36. The fourth-order valence-corrected chi connectivity index (χ4v) is 4.34. The number of amides is 2. The van der Waals surface area contributed by atoms with Crippen LogP contribution in [-0.2, 0) is 9.53 Å². The lowest BCUT2D eigenvalue weighted by Crippen LogP contribution is -2.51. The van der Waals surface area contributed by atoms with E-state index in [9.17, 15) is 9.59 Å². The third-order valence-corrected chi connectivity index (χ3v) is 6.10. The summed E-state index contributed by atoms with van der Waals surface area (Å²) in [4.78, 5) is 30.1. The number of nitrogens with zero attached hydrogens (tertiary/aromatic N) is 2. The molecule has 2 aromatic rings. The standard InChI is InChI=1S/C27H32N4O3/c1-2-34-26(32)24-23(28-27(33)29-25(24)22-13-7-4-8-14-22)20-31-18-16-30(17-19-31)15-9-12-21-10-5-3-6-11-21/h3-14,25H,2,15-20H2,1H3,(H2,28,29,33)/b12-9-/t25-/m0/s1. The number of esters is 1. The Hall–Kier alpha value is -3.42. The molecule has 1 atom stereocenters. The zero-order valence-corrected chi connectivity index (χ0v) is 19.6.